The molecule has 3 amide bonds. The number of ether oxygens (including phenoxy) is 3. The minimum absolute atomic E-state index is 0.0454. The number of esters is 1. The van der Waals surface area contributed by atoms with Crippen LogP contribution in [0, 0.1) is 0 Å². The lowest BCUT2D eigenvalue weighted by atomic mass is 10.1. The molecule has 4 rings (SSSR count). The van der Waals surface area contributed by atoms with Gasteiger partial charge in [-0.15, -0.1) is 0 Å². The quantitative estimate of drug-likeness (QED) is 0.402. The third-order valence-electron chi connectivity index (χ3n) is 5.97. The predicted octanol–water partition coefficient (Wildman–Crippen LogP) is 2.93. The predicted molar refractivity (Wildman–Crippen MR) is 126 cm³/mol. The lowest BCUT2D eigenvalue weighted by Crippen LogP contribution is -2.38. The molecule has 2 heterocycles. The van der Waals surface area contributed by atoms with E-state index in [4.69, 9.17) is 14.2 Å². The van der Waals surface area contributed by atoms with E-state index in [1.165, 1.54) is 12.1 Å². The maximum absolute atomic E-state index is 12.6. The van der Waals surface area contributed by atoms with Gasteiger partial charge in [0.25, 0.3) is 17.7 Å². The van der Waals surface area contributed by atoms with Crippen molar-refractivity contribution >= 4 is 23.7 Å². The molecule has 0 N–H and O–H groups in total. The molecule has 9 nitrogen and oxygen atoms in total. The van der Waals surface area contributed by atoms with E-state index in [0.717, 1.165) is 37.3 Å². The zero-order valence-electron chi connectivity index (χ0n) is 19.7. The van der Waals surface area contributed by atoms with E-state index in [2.05, 4.69) is 0 Å². The number of piperidine rings is 1. The van der Waals surface area contributed by atoms with Crippen LogP contribution in [0.1, 0.15) is 57.3 Å². The lowest BCUT2D eigenvalue weighted by molar-refractivity contribution is -0.134. The second-order valence-corrected chi connectivity index (χ2v) is 8.27. The van der Waals surface area contributed by atoms with Gasteiger partial charge in [-0.25, -0.2) is 4.79 Å². The zero-order chi connectivity index (χ0) is 24.8. The van der Waals surface area contributed by atoms with Gasteiger partial charge in [0.15, 0.2) is 18.1 Å². The molecule has 1 fully saturated rings. The van der Waals surface area contributed by atoms with Gasteiger partial charge in [-0.05, 0) is 56.5 Å². The Balaban J connectivity index is 1.33. The van der Waals surface area contributed by atoms with Crippen LogP contribution in [0.15, 0.2) is 42.5 Å². The van der Waals surface area contributed by atoms with E-state index >= 15 is 0 Å². The van der Waals surface area contributed by atoms with Crippen molar-refractivity contribution in [1.82, 2.24) is 9.80 Å². The fraction of sp³-hybridized carbons (Fsp3) is 0.385. The molecule has 9 heteroatoms. The minimum Gasteiger partial charge on any atom is -0.490 e. The number of amides is 3. The molecule has 2 aromatic rings. The van der Waals surface area contributed by atoms with Gasteiger partial charge in [-0.1, -0.05) is 12.1 Å². The molecule has 0 aliphatic carbocycles. The van der Waals surface area contributed by atoms with Gasteiger partial charge in [0.05, 0.1) is 29.8 Å². The first-order valence-corrected chi connectivity index (χ1v) is 11.8. The molecule has 0 aromatic heterocycles. The number of carbonyl (C=O) groups is 4. The maximum atomic E-state index is 12.6. The normalized spacial score (nSPS) is 15.1. The highest BCUT2D eigenvalue weighted by molar-refractivity contribution is 6.21. The molecule has 2 aromatic carbocycles. The first-order valence-electron chi connectivity index (χ1n) is 11.8. The monoisotopic (exact) mass is 480 g/mol. The van der Waals surface area contributed by atoms with Crippen LogP contribution >= 0.6 is 0 Å². The number of nitrogens with zero attached hydrogens (tertiary/aromatic N) is 2. The van der Waals surface area contributed by atoms with Gasteiger partial charge >= 0.3 is 5.97 Å². The molecule has 2 aliphatic rings. The number of imide groups is 1. The van der Waals surface area contributed by atoms with E-state index < -0.39 is 17.8 Å². The summed E-state index contributed by atoms with van der Waals surface area (Å²) < 4.78 is 16.6. The van der Waals surface area contributed by atoms with Gasteiger partial charge in [-0.2, -0.15) is 0 Å². The first kappa shape index (κ1) is 24.3. The van der Waals surface area contributed by atoms with Crippen molar-refractivity contribution < 1.29 is 33.4 Å². The summed E-state index contributed by atoms with van der Waals surface area (Å²) in [7, 11) is 0. The second kappa shape index (κ2) is 11.0. The molecule has 0 unspecified atom stereocenters. The number of benzene rings is 2. The number of carbonyl (C=O) groups excluding carboxylic acids is 4. The molecule has 35 heavy (non-hydrogen) atoms. The van der Waals surface area contributed by atoms with Crippen molar-refractivity contribution in [3.8, 4) is 11.5 Å². The Morgan fingerprint density at radius 2 is 1.57 bits per heavy atom. The number of hydrogen-bond acceptors (Lipinski definition) is 7. The van der Waals surface area contributed by atoms with Gasteiger partial charge in [0, 0.05) is 13.1 Å². The molecule has 0 bridgehead atoms. The first-order chi connectivity index (χ1) is 17.0. The molecule has 1 saturated heterocycles. The van der Waals surface area contributed by atoms with Crippen LogP contribution in [0.4, 0.5) is 0 Å². The average Bonchev–Trinajstić information content (AvgIpc) is 3.13. The Kier molecular flexibility index (Phi) is 7.64. The largest absolute Gasteiger partial charge is 0.490 e. The molecule has 0 atom stereocenters. The Morgan fingerprint density at radius 3 is 2.23 bits per heavy atom. The third-order valence-corrected chi connectivity index (χ3v) is 5.97. The summed E-state index contributed by atoms with van der Waals surface area (Å²) in [5.74, 6) is -0.822. The molecule has 2 aliphatic heterocycles. The molecule has 0 radical (unpaired) electrons. The Labute approximate surface area is 203 Å². The highest BCUT2D eigenvalue weighted by Crippen LogP contribution is 2.29. The molecular weight excluding hydrogens is 452 g/mol. The van der Waals surface area contributed by atoms with E-state index in [0.29, 0.717) is 29.2 Å². The molecule has 0 spiro atoms. The number of hydrogen-bond donors (Lipinski definition) is 0. The summed E-state index contributed by atoms with van der Waals surface area (Å²) in [6, 6.07) is 11.2. The summed E-state index contributed by atoms with van der Waals surface area (Å²) in [6.45, 7) is 3.33. The summed E-state index contributed by atoms with van der Waals surface area (Å²) in [4.78, 5) is 52.7. The van der Waals surface area contributed by atoms with Crippen LogP contribution in [0.3, 0.4) is 0 Å². The highest BCUT2D eigenvalue weighted by atomic mass is 16.5. The lowest BCUT2D eigenvalue weighted by Gasteiger charge is -2.26. The average molecular weight is 481 g/mol. The summed E-state index contributed by atoms with van der Waals surface area (Å²) in [5, 5.41) is 0. The van der Waals surface area contributed by atoms with Crippen LogP contribution in [-0.2, 0) is 9.53 Å². The van der Waals surface area contributed by atoms with E-state index in [9.17, 15) is 19.2 Å². The Morgan fingerprint density at radius 1 is 0.886 bits per heavy atom. The fourth-order valence-corrected chi connectivity index (χ4v) is 4.15. The second-order valence-electron chi connectivity index (χ2n) is 8.27. The van der Waals surface area contributed by atoms with Crippen LogP contribution in [-0.4, -0.2) is 72.9 Å². The smallest absolute Gasteiger partial charge is 0.338 e. The topological polar surface area (TPSA) is 102 Å². The number of fused-ring (bicyclic) bond motifs is 1. The summed E-state index contributed by atoms with van der Waals surface area (Å²) >= 11 is 0. The highest BCUT2D eigenvalue weighted by Gasteiger charge is 2.34. The van der Waals surface area contributed by atoms with Crippen molar-refractivity contribution in [2.75, 3.05) is 39.5 Å². The van der Waals surface area contributed by atoms with Crippen LogP contribution in [0.5, 0.6) is 11.5 Å². The summed E-state index contributed by atoms with van der Waals surface area (Å²) in [5.41, 5.74) is 0.921. The molecule has 184 valence electrons. The zero-order valence-corrected chi connectivity index (χ0v) is 19.7. The summed E-state index contributed by atoms with van der Waals surface area (Å²) in [6.07, 6.45) is 3.13. The van der Waals surface area contributed by atoms with Crippen molar-refractivity contribution in [1.29, 1.82) is 0 Å². The van der Waals surface area contributed by atoms with E-state index in [1.54, 1.807) is 42.2 Å². The fourth-order valence-electron chi connectivity index (χ4n) is 4.15. The molecular formula is C26H28N2O7. The van der Waals surface area contributed by atoms with Gasteiger partial charge in [0.1, 0.15) is 6.61 Å². The number of rotatable bonds is 9. The maximum Gasteiger partial charge on any atom is 0.338 e. The van der Waals surface area contributed by atoms with E-state index in [-0.39, 0.29) is 31.2 Å². The third kappa shape index (κ3) is 5.45. The SMILES string of the molecule is CCOc1cc(C(=O)OCCN2C(=O)c3ccccc3C2=O)ccc1OCC(=O)N1CCCCC1. The van der Waals surface area contributed by atoms with Crippen molar-refractivity contribution in [3.05, 3.63) is 59.2 Å². The van der Waals surface area contributed by atoms with Crippen LogP contribution < -0.4 is 9.47 Å². The van der Waals surface area contributed by atoms with Gasteiger partial charge in [-0.3, -0.25) is 19.3 Å². The number of likely N-dealkylation sites (tertiary alicyclic amines) is 1. The van der Waals surface area contributed by atoms with Crippen LogP contribution in [0.25, 0.3) is 0 Å². The van der Waals surface area contributed by atoms with Gasteiger partial charge < -0.3 is 19.1 Å². The Bertz CT molecular complexity index is 1090. The van der Waals surface area contributed by atoms with Crippen molar-refractivity contribution in [3.63, 3.8) is 0 Å². The van der Waals surface area contributed by atoms with Crippen LogP contribution in [0.2, 0.25) is 0 Å². The van der Waals surface area contributed by atoms with Crippen molar-refractivity contribution in [2.45, 2.75) is 26.2 Å². The van der Waals surface area contributed by atoms with E-state index in [1.807, 2.05) is 0 Å². The Hall–Kier alpha value is -3.88. The standard InChI is InChI=1S/C26H28N2O7/c1-2-33-22-16-18(10-11-21(22)35-17-23(29)27-12-6-3-7-13-27)26(32)34-15-14-28-24(30)19-8-4-5-9-20(19)25(28)31/h4-5,8-11,16H,2-3,6-7,12-15,17H2,1H3. The molecule has 0 saturated carbocycles. The van der Waals surface area contributed by atoms with Gasteiger partial charge in [0.2, 0.25) is 0 Å². The minimum atomic E-state index is -0.626. The van der Waals surface area contributed by atoms with Crippen molar-refractivity contribution in [2.24, 2.45) is 0 Å².